The second kappa shape index (κ2) is 7.56. The zero-order valence-electron chi connectivity index (χ0n) is 15.4. The van der Waals surface area contributed by atoms with Crippen molar-refractivity contribution in [3.8, 4) is 11.5 Å². The number of phenolic OH excluding ortho intramolecular Hbond substituents is 2. The molecule has 5 heteroatoms. The summed E-state index contributed by atoms with van der Waals surface area (Å²) in [6.07, 6.45) is 3.71. The first kappa shape index (κ1) is 18.5. The molecule has 0 unspecified atom stereocenters. The van der Waals surface area contributed by atoms with Crippen molar-refractivity contribution in [1.82, 2.24) is 5.06 Å². The van der Waals surface area contributed by atoms with Gasteiger partial charge in [0.25, 0.3) is 0 Å². The SMILES string of the molecule is CCCC[C@]1(CC)CNc2cc(O)c(O)cc2[C@@H](c2ccccc2)N1O. The van der Waals surface area contributed by atoms with Gasteiger partial charge < -0.3 is 20.7 Å². The summed E-state index contributed by atoms with van der Waals surface area (Å²) in [5.41, 5.74) is 2.00. The number of hydrogen-bond donors (Lipinski definition) is 4. The molecule has 3 rings (SSSR count). The van der Waals surface area contributed by atoms with E-state index in [1.165, 1.54) is 5.06 Å². The van der Waals surface area contributed by atoms with Crippen LogP contribution in [0.4, 0.5) is 5.69 Å². The summed E-state index contributed by atoms with van der Waals surface area (Å²) in [7, 11) is 0. The zero-order valence-corrected chi connectivity index (χ0v) is 15.4. The van der Waals surface area contributed by atoms with E-state index in [0.29, 0.717) is 6.54 Å². The van der Waals surface area contributed by atoms with Gasteiger partial charge in [0.2, 0.25) is 0 Å². The minimum atomic E-state index is -0.430. The van der Waals surface area contributed by atoms with Crippen LogP contribution in [0, 0.1) is 0 Å². The third-order valence-corrected chi connectivity index (χ3v) is 5.55. The topological polar surface area (TPSA) is 76.0 Å². The highest BCUT2D eigenvalue weighted by Gasteiger charge is 2.42. The molecule has 5 nitrogen and oxygen atoms in total. The van der Waals surface area contributed by atoms with E-state index < -0.39 is 11.6 Å². The number of aromatic hydroxyl groups is 2. The Balaban J connectivity index is 2.16. The Morgan fingerprint density at radius 3 is 2.46 bits per heavy atom. The molecule has 1 aliphatic heterocycles. The number of unbranched alkanes of at least 4 members (excludes halogenated alkanes) is 1. The van der Waals surface area contributed by atoms with E-state index in [0.717, 1.165) is 42.5 Å². The molecule has 0 fully saturated rings. The molecular formula is C21H28N2O3. The Kier molecular flexibility index (Phi) is 5.39. The van der Waals surface area contributed by atoms with Crippen molar-refractivity contribution in [2.45, 2.75) is 51.1 Å². The number of hydroxylamine groups is 2. The first-order valence-corrected chi connectivity index (χ1v) is 9.35. The highest BCUT2D eigenvalue weighted by Crippen LogP contribution is 2.45. The number of benzene rings is 2. The van der Waals surface area contributed by atoms with Crippen LogP contribution in [0.3, 0.4) is 0 Å². The van der Waals surface area contributed by atoms with Gasteiger partial charge in [0.1, 0.15) is 0 Å². The van der Waals surface area contributed by atoms with Crippen molar-refractivity contribution in [3.05, 3.63) is 53.6 Å². The molecule has 2 aromatic rings. The molecule has 140 valence electrons. The Bertz CT molecular complexity index is 750. The minimum absolute atomic E-state index is 0.162. The van der Waals surface area contributed by atoms with E-state index in [1.54, 1.807) is 12.1 Å². The van der Waals surface area contributed by atoms with Crippen LogP contribution in [-0.2, 0) is 0 Å². The summed E-state index contributed by atoms with van der Waals surface area (Å²) < 4.78 is 0. The van der Waals surface area contributed by atoms with Gasteiger partial charge in [-0.25, -0.2) is 0 Å². The zero-order chi connectivity index (χ0) is 18.7. The number of rotatable bonds is 5. The van der Waals surface area contributed by atoms with Gasteiger partial charge in [-0.3, -0.25) is 0 Å². The molecule has 2 atom stereocenters. The second-order valence-electron chi connectivity index (χ2n) is 7.12. The molecule has 0 radical (unpaired) electrons. The minimum Gasteiger partial charge on any atom is -0.504 e. The van der Waals surface area contributed by atoms with Gasteiger partial charge in [0.15, 0.2) is 11.5 Å². The maximum absolute atomic E-state index is 11.4. The Morgan fingerprint density at radius 2 is 1.81 bits per heavy atom. The maximum Gasteiger partial charge on any atom is 0.159 e. The molecule has 0 bridgehead atoms. The number of phenols is 2. The summed E-state index contributed by atoms with van der Waals surface area (Å²) >= 11 is 0. The summed E-state index contributed by atoms with van der Waals surface area (Å²) in [5.74, 6) is -0.345. The molecule has 4 N–H and O–H groups in total. The maximum atomic E-state index is 11.4. The van der Waals surface area contributed by atoms with E-state index >= 15 is 0 Å². The van der Waals surface area contributed by atoms with Gasteiger partial charge in [-0.1, -0.05) is 57.0 Å². The van der Waals surface area contributed by atoms with Crippen LogP contribution in [-0.4, -0.2) is 32.6 Å². The fourth-order valence-electron chi connectivity index (χ4n) is 3.85. The monoisotopic (exact) mass is 356 g/mol. The predicted octanol–water partition coefficient (Wildman–Crippen LogP) is 4.64. The lowest BCUT2D eigenvalue weighted by atomic mass is 9.86. The van der Waals surface area contributed by atoms with Crippen LogP contribution < -0.4 is 5.32 Å². The van der Waals surface area contributed by atoms with E-state index in [-0.39, 0.29) is 11.5 Å². The molecule has 1 aliphatic rings. The van der Waals surface area contributed by atoms with Gasteiger partial charge in [-0.2, -0.15) is 5.06 Å². The number of nitrogens with one attached hydrogen (secondary N) is 1. The van der Waals surface area contributed by atoms with Crippen LogP contribution in [0.25, 0.3) is 0 Å². The first-order valence-electron chi connectivity index (χ1n) is 9.35. The third kappa shape index (κ3) is 3.24. The first-order chi connectivity index (χ1) is 12.5. The molecule has 26 heavy (non-hydrogen) atoms. The van der Waals surface area contributed by atoms with Crippen LogP contribution >= 0.6 is 0 Å². The molecule has 2 aromatic carbocycles. The average Bonchev–Trinajstić information content (AvgIpc) is 2.77. The smallest absolute Gasteiger partial charge is 0.159 e. The van der Waals surface area contributed by atoms with Crippen LogP contribution in [0.15, 0.2) is 42.5 Å². The molecular weight excluding hydrogens is 328 g/mol. The van der Waals surface area contributed by atoms with Gasteiger partial charge in [0.05, 0.1) is 11.6 Å². The molecule has 0 saturated carbocycles. The van der Waals surface area contributed by atoms with Crippen molar-refractivity contribution in [2.24, 2.45) is 0 Å². The molecule has 1 heterocycles. The van der Waals surface area contributed by atoms with Crippen molar-refractivity contribution in [2.75, 3.05) is 11.9 Å². The largest absolute Gasteiger partial charge is 0.504 e. The molecule has 0 aliphatic carbocycles. The third-order valence-electron chi connectivity index (χ3n) is 5.55. The lowest BCUT2D eigenvalue weighted by molar-refractivity contribution is -0.195. The van der Waals surface area contributed by atoms with Gasteiger partial charge in [0, 0.05) is 23.9 Å². The summed E-state index contributed by atoms with van der Waals surface area (Å²) in [6, 6.07) is 12.5. The van der Waals surface area contributed by atoms with Gasteiger partial charge in [-0.15, -0.1) is 0 Å². The van der Waals surface area contributed by atoms with E-state index in [1.807, 2.05) is 30.3 Å². The van der Waals surface area contributed by atoms with Gasteiger partial charge in [-0.05, 0) is 24.5 Å². The fourth-order valence-corrected chi connectivity index (χ4v) is 3.85. The Hall–Kier alpha value is -2.24. The summed E-state index contributed by atoms with van der Waals surface area (Å²) in [5, 5.41) is 36.3. The van der Waals surface area contributed by atoms with Gasteiger partial charge >= 0.3 is 0 Å². The van der Waals surface area contributed by atoms with Crippen LogP contribution in [0.1, 0.15) is 56.7 Å². The van der Waals surface area contributed by atoms with Crippen molar-refractivity contribution in [1.29, 1.82) is 0 Å². The highest BCUT2D eigenvalue weighted by molar-refractivity contribution is 5.63. The van der Waals surface area contributed by atoms with Crippen LogP contribution in [0.5, 0.6) is 11.5 Å². The van der Waals surface area contributed by atoms with E-state index in [2.05, 4.69) is 19.2 Å². The van der Waals surface area contributed by atoms with Crippen LogP contribution in [0.2, 0.25) is 0 Å². The van der Waals surface area contributed by atoms with E-state index in [9.17, 15) is 15.4 Å². The number of nitrogens with zero attached hydrogens (tertiary/aromatic N) is 1. The number of anilines is 1. The molecule has 0 spiro atoms. The quantitative estimate of drug-likeness (QED) is 0.464. The average molecular weight is 356 g/mol. The van der Waals surface area contributed by atoms with Crippen molar-refractivity contribution in [3.63, 3.8) is 0 Å². The second-order valence-corrected chi connectivity index (χ2v) is 7.12. The standard InChI is InChI=1S/C21H28N2O3/c1-3-5-11-21(4-2)14-22-17-13-19(25)18(24)12-16(17)20(23(21)26)15-9-7-6-8-10-15/h6-10,12-13,20,22,24-26H,3-5,11,14H2,1-2H3/t20-,21-/m1/s1. The number of hydrogen-bond acceptors (Lipinski definition) is 5. The lowest BCUT2D eigenvalue weighted by Gasteiger charge is -2.42. The Morgan fingerprint density at radius 1 is 1.12 bits per heavy atom. The fraction of sp³-hybridized carbons (Fsp3) is 0.429. The molecule has 0 amide bonds. The van der Waals surface area contributed by atoms with Crippen molar-refractivity contribution >= 4 is 5.69 Å². The molecule has 0 saturated heterocycles. The highest BCUT2D eigenvalue weighted by atomic mass is 16.5. The normalized spacial score (nSPS) is 23.1. The van der Waals surface area contributed by atoms with Crippen molar-refractivity contribution < 1.29 is 15.4 Å². The predicted molar refractivity (Wildman–Crippen MR) is 103 cm³/mol. The molecule has 0 aromatic heterocycles. The summed E-state index contributed by atoms with van der Waals surface area (Å²) in [6.45, 7) is 4.81. The Labute approximate surface area is 154 Å². The van der Waals surface area contributed by atoms with E-state index in [4.69, 9.17) is 0 Å². The lowest BCUT2D eigenvalue weighted by Crippen LogP contribution is -2.51. The number of fused-ring (bicyclic) bond motifs is 1. The summed E-state index contributed by atoms with van der Waals surface area (Å²) in [4.78, 5) is 0.